The Morgan fingerprint density at radius 2 is 1.48 bits per heavy atom. The minimum atomic E-state index is 0.353. The van der Waals surface area contributed by atoms with Gasteiger partial charge in [-0.15, -0.1) is 0 Å². The maximum atomic E-state index is 6.55. The van der Waals surface area contributed by atoms with E-state index >= 15 is 0 Å². The molecule has 2 aliphatic rings. The zero-order valence-corrected chi connectivity index (χ0v) is 20.8. The Bertz CT molecular complexity index is 792. The average Bonchev–Trinajstić information content (AvgIpc) is 3.13. The Morgan fingerprint density at radius 1 is 0.788 bits per heavy atom. The molecule has 2 aromatic carbocycles. The Morgan fingerprint density at radius 3 is 2.24 bits per heavy atom. The van der Waals surface area contributed by atoms with Gasteiger partial charge in [-0.25, -0.2) is 0 Å². The first-order valence-electron chi connectivity index (χ1n) is 13.5. The van der Waals surface area contributed by atoms with E-state index in [9.17, 15) is 0 Å². The van der Waals surface area contributed by atoms with Crippen LogP contribution in [0.1, 0.15) is 75.3 Å². The van der Waals surface area contributed by atoms with E-state index in [1.807, 2.05) is 0 Å². The number of para-hydroxylation sites is 1. The van der Waals surface area contributed by atoms with Crippen LogP contribution in [0.15, 0.2) is 54.6 Å². The van der Waals surface area contributed by atoms with Crippen LogP contribution < -0.4 is 4.74 Å². The fourth-order valence-corrected chi connectivity index (χ4v) is 5.50. The lowest BCUT2D eigenvalue weighted by Gasteiger charge is -2.34. The maximum Gasteiger partial charge on any atom is 0.122 e. The number of nitrogens with zero attached hydrogens (tertiary/aromatic N) is 2. The van der Waals surface area contributed by atoms with Crippen LogP contribution >= 0.6 is 0 Å². The van der Waals surface area contributed by atoms with Crippen LogP contribution in [-0.2, 0) is 6.42 Å². The number of aryl methyl sites for hydroxylation is 1. The first kappa shape index (κ1) is 24.3. The first-order chi connectivity index (χ1) is 16.3. The molecule has 0 radical (unpaired) electrons. The molecule has 0 N–H and O–H groups in total. The summed E-state index contributed by atoms with van der Waals surface area (Å²) in [5.41, 5.74) is 2.84. The zero-order valence-electron chi connectivity index (χ0n) is 20.8. The molecular formula is C30H44N2O. The van der Waals surface area contributed by atoms with E-state index in [2.05, 4.69) is 71.3 Å². The van der Waals surface area contributed by atoms with Crippen LogP contribution in [0.3, 0.4) is 0 Å². The topological polar surface area (TPSA) is 15.7 Å². The molecule has 2 saturated heterocycles. The number of benzene rings is 2. The van der Waals surface area contributed by atoms with Gasteiger partial charge >= 0.3 is 0 Å². The lowest BCUT2D eigenvalue weighted by Crippen LogP contribution is -2.40. The number of ether oxygens (including phenoxy) is 1. The molecule has 0 aliphatic carbocycles. The van der Waals surface area contributed by atoms with E-state index in [1.54, 1.807) is 0 Å². The average molecular weight is 449 g/mol. The van der Waals surface area contributed by atoms with Gasteiger partial charge in [0.2, 0.25) is 0 Å². The smallest absolute Gasteiger partial charge is 0.122 e. The Labute approximate surface area is 202 Å². The molecule has 0 amide bonds. The van der Waals surface area contributed by atoms with Gasteiger partial charge in [-0.2, -0.15) is 0 Å². The highest BCUT2D eigenvalue weighted by Gasteiger charge is 2.22. The van der Waals surface area contributed by atoms with Gasteiger partial charge in [-0.3, -0.25) is 0 Å². The third kappa shape index (κ3) is 7.86. The minimum Gasteiger partial charge on any atom is -0.490 e. The van der Waals surface area contributed by atoms with Gasteiger partial charge in [0.1, 0.15) is 11.9 Å². The largest absolute Gasteiger partial charge is 0.490 e. The van der Waals surface area contributed by atoms with E-state index in [0.29, 0.717) is 12.0 Å². The molecule has 3 heteroatoms. The normalized spacial score (nSPS) is 19.8. The van der Waals surface area contributed by atoms with Crippen molar-refractivity contribution in [1.29, 1.82) is 0 Å². The summed E-state index contributed by atoms with van der Waals surface area (Å²) in [6, 6.07) is 19.7. The summed E-state index contributed by atoms with van der Waals surface area (Å²) in [7, 11) is 0. The Hall–Kier alpha value is -1.84. The summed E-state index contributed by atoms with van der Waals surface area (Å²) in [5.74, 6) is 1.71. The molecule has 0 aromatic heterocycles. The standard InChI is InChI=1S/C30H44N2O/c1-26(27-13-5-4-6-14-27)25-32-23-18-29(19-24-32)33-30-17-8-7-15-28(30)16-9-12-22-31-20-10-2-3-11-21-31/h4-8,13-15,17,26,29H,2-3,9-12,16,18-25H2,1H3. The number of rotatable bonds is 10. The predicted octanol–water partition coefficient (Wildman–Crippen LogP) is 6.53. The number of unbranched alkanes of at least 4 members (excludes halogenated alkanes) is 1. The Kier molecular flexibility index (Phi) is 9.68. The second-order valence-corrected chi connectivity index (χ2v) is 10.3. The fraction of sp³-hybridized carbons (Fsp3) is 0.600. The van der Waals surface area contributed by atoms with Gasteiger partial charge in [0.15, 0.2) is 0 Å². The first-order valence-corrected chi connectivity index (χ1v) is 13.5. The van der Waals surface area contributed by atoms with Crippen LogP contribution in [0.2, 0.25) is 0 Å². The SMILES string of the molecule is CC(CN1CCC(Oc2ccccc2CCCCN2CCCCCC2)CC1)c1ccccc1. The molecule has 0 saturated carbocycles. The molecule has 0 spiro atoms. The van der Waals surface area contributed by atoms with Crippen molar-refractivity contribution in [2.24, 2.45) is 0 Å². The summed E-state index contributed by atoms with van der Waals surface area (Å²) in [4.78, 5) is 5.30. The van der Waals surface area contributed by atoms with Crippen molar-refractivity contribution >= 4 is 0 Å². The minimum absolute atomic E-state index is 0.353. The van der Waals surface area contributed by atoms with E-state index in [0.717, 1.165) is 44.6 Å². The molecule has 4 rings (SSSR count). The van der Waals surface area contributed by atoms with Gasteiger partial charge in [-0.05, 0) is 87.7 Å². The van der Waals surface area contributed by atoms with Crippen LogP contribution in [0.5, 0.6) is 5.75 Å². The van der Waals surface area contributed by atoms with Crippen molar-refractivity contribution < 1.29 is 4.74 Å². The van der Waals surface area contributed by atoms with Crippen molar-refractivity contribution in [1.82, 2.24) is 9.80 Å². The van der Waals surface area contributed by atoms with E-state index < -0.39 is 0 Å². The third-order valence-electron chi connectivity index (χ3n) is 7.57. The molecule has 33 heavy (non-hydrogen) atoms. The predicted molar refractivity (Wildman–Crippen MR) is 139 cm³/mol. The quantitative estimate of drug-likeness (QED) is 0.384. The van der Waals surface area contributed by atoms with Gasteiger partial charge in [0, 0.05) is 19.6 Å². The molecule has 2 aliphatic heterocycles. The summed E-state index contributed by atoms with van der Waals surface area (Å²) in [6.45, 7) is 9.65. The molecule has 2 heterocycles. The molecule has 2 aromatic rings. The molecule has 180 valence electrons. The van der Waals surface area contributed by atoms with Crippen molar-refractivity contribution in [3.63, 3.8) is 0 Å². The van der Waals surface area contributed by atoms with Crippen LogP contribution in [0.4, 0.5) is 0 Å². The number of hydrogen-bond donors (Lipinski definition) is 0. The fourth-order valence-electron chi connectivity index (χ4n) is 5.50. The second-order valence-electron chi connectivity index (χ2n) is 10.3. The molecule has 0 bridgehead atoms. The number of hydrogen-bond acceptors (Lipinski definition) is 3. The third-order valence-corrected chi connectivity index (χ3v) is 7.57. The summed E-state index contributed by atoms with van der Waals surface area (Å²) in [6.07, 6.45) is 11.9. The highest BCUT2D eigenvalue weighted by atomic mass is 16.5. The van der Waals surface area contributed by atoms with Crippen molar-refractivity contribution in [3.05, 3.63) is 65.7 Å². The van der Waals surface area contributed by atoms with Gasteiger partial charge in [0.25, 0.3) is 0 Å². The summed E-state index contributed by atoms with van der Waals surface area (Å²) < 4.78 is 6.55. The lowest BCUT2D eigenvalue weighted by atomic mass is 9.99. The molecular weight excluding hydrogens is 404 g/mol. The van der Waals surface area contributed by atoms with Gasteiger partial charge < -0.3 is 14.5 Å². The van der Waals surface area contributed by atoms with Gasteiger partial charge in [-0.1, -0.05) is 68.3 Å². The van der Waals surface area contributed by atoms with Crippen molar-refractivity contribution in [2.45, 2.75) is 76.7 Å². The van der Waals surface area contributed by atoms with Crippen molar-refractivity contribution in [3.8, 4) is 5.75 Å². The number of likely N-dealkylation sites (tertiary alicyclic amines) is 2. The highest BCUT2D eigenvalue weighted by Crippen LogP contribution is 2.26. The molecule has 1 atom stereocenters. The second kappa shape index (κ2) is 13.2. The van der Waals surface area contributed by atoms with E-state index in [-0.39, 0.29) is 0 Å². The monoisotopic (exact) mass is 448 g/mol. The lowest BCUT2D eigenvalue weighted by molar-refractivity contribution is 0.0970. The number of piperidine rings is 1. The van der Waals surface area contributed by atoms with Crippen molar-refractivity contribution in [2.75, 3.05) is 39.3 Å². The zero-order chi connectivity index (χ0) is 22.7. The summed E-state index contributed by atoms with van der Waals surface area (Å²) >= 11 is 0. The molecule has 2 fully saturated rings. The molecule has 1 unspecified atom stereocenters. The highest BCUT2D eigenvalue weighted by molar-refractivity contribution is 5.33. The van der Waals surface area contributed by atoms with Crippen LogP contribution in [0, 0.1) is 0 Å². The van der Waals surface area contributed by atoms with Crippen LogP contribution in [0.25, 0.3) is 0 Å². The van der Waals surface area contributed by atoms with Gasteiger partial charge in [0.05, 0.1) is 0 Å². The van der Waals surface area contributed by atoms with Crippen LogP contribution in [-0.4, -0.2) is 55.2 Å². The van der Waals surface area contributed by atoms with E-state index in [4.69, 9.17) is 4.74 Å². The molecule has 3 nitrogen and oxygen atoms in total. The van der Waals surface area contributed by atoms with E-state index in [1.165, 1.54) is 69.3 Å². The maximum absolute atomic E-state index is 6.55. The summed E-state index contributed by atoms with van der Waals surface area (Å²) in [5, 5.41) is 0. The Balaban J connectivity index is 1.19.